The Hall–Kier alpha value is -1.68. The number of rotatable bonds is 5. The third kappa shape index (κ3) is 2.75. The van der Waals surface area contributed by atoms with E-state index in [0.717, 1.165) is 30.6 Å². The first-order chi connectivity index (χ1) is 9.58. The molecule has 4 nitrogen and oxygen atoms in total. The van der Waals surface area contributed by atoms with Crippen LogP contribution < -0.4 is 11.3 Å². The number of nitrogens with two attached hydrogens (primary N) is 1. The molecule has 2 N–H and O–H groups in total. The molecule has 0 saturated heterocycles. The average molecular weight is 294 g/mol. The Morgan fingerprint density at radius 2 is 1.80 bits per heavy atom. The van der Waals surface area contributed by atoms with Gasteiger partial charge in [-0.05, 0) is 30.5 Å². The van der Waals surface area contributed by atoms with E-state index in [9.17, 15) is 4.79 Å². The van der Waals surface area contributed by atoms with Crippen molar-refractivity contribution >= 4 is 17.3 Å². The summed E-state index contributed by atoms with van der Waals surface area (Å²) in [7, 11) is 0. The van der Waals surface area contributed by atoms with Gasteiger partial charge < -0.3 is 5.73 Å². The van der Waals surface area contributed by atoms with Gasteiger partial charge >= 0.3 is 0 Å². The maximum atomic E-state index is 12.3. The zero-order valence-electron chi connectivity index (χ0n) is 11.9. The van der Waals surface area contributed by atoms with Crippen LogP contribution in [-0.2, 0) is 19.5 Å². The lowest BCUT2D eigenvalue weighted by molar-refractivity contribution is 0.452. The molecule has 2 rings (SSSR count). The molecule has 0 amide bonds. The molecule has 0 atom stereocenters. The summed E-state index contributed by atoms with van der Waals surface area (Å²) >= 11 is 5.88. The van der Waals surface area contributed by atoms with Crippen molar-refractivity contribution in [3.05, 3.63) is 50.9 Å². The zero-order chi connectivity index (χ0) is 14.7. The van der Waals surface area contributed by atoms with Gasteiger partial charge in [0.15, 0.2) is 0 Å². The van der Waals surface area contributed by atoms with Gasteiger partial charge in [-0.2, -0.15) is 0 Å². The molecule has 20 heavy (non-hydrogen) atoms. The van der Waals surface area contributed by atoms with Gasteiger partial charge in [-0.1, -0.05) is 37.6 Å². The van der Waals surface area contributed by atoms with Crippen LogP contribution in [0.4, 0.5) is 5.69 Å². The number of nitrogen functional groups attached to an aromatic ring is 1. The second kappa shape index (κ2) is 6.18. The fraction of sp³-hybridized carbons (Fsp3) is 0.400. The smallest absolute Gasteiger partial charge is 0.290 e. The molecule has 1 heterocycles. The number of benzene rings is 1. The second-order valence-corrected chi connectivity index (χ2v) is 5.26. The molecule has 0 unspecified atom stereocenters. The standard InChI is InChI=1S/C15H20ClN3O/c1-3-9-18-13(4-2)14(17)15(20)19(18)10-11-5-7-12(16)8-6-11/h5-8H,3-4,9-10,17H2,1-2H3. The lowest BCUT2D eigenvalue weighted by Gasteiger charge is -2.13. The molecule has 0 bridgehead atoms. The molecule has 0 saturated carbocycles. The average Bonchev–Trinajstić information content (AvgIpc) is 2.66. The monoisotopic (exact) mass is 293 g/mol. The van der Waals surface area contributed by atoms with Crippen LogP contribution in [-0.4, -0.2) is 9.36 Å². The molecule has 0 spiro atoms. The lowest BCUT2D eigenvalue weighted by atomic mass is 10.2. The highest BCUT2D eigenvalue weighted by molar-refractivity contribution is 6.30. The Bertz CT molecular complexity index is 640. The Kier molecular flexibility index (Phi) is 4.55. The molecule has 108 valence electrons. The van der Waals surface area contributed by atoms with E-state index in [0.29, 0.717) is 17.3 Å². The fourth-order valence-electron chi connectivity index (χ4n) is 2.42. The number of aromatic nitrogens is 2. The first kappa shape index (κ1) is 14.7. The summed E-state index contributed by atoms with van der Waals surface area (Å²) in [5.41, 5.74) is 8.17. The van der Waals surface area contributed by atoms with Gasteiger partial charge in [-0.3, -0.25) is 9.48 Å². The Balaban J connectivity index is 2.44. The first-order valence-corrected chi connectivity index (χ1v) is 7.28. The van der Waals surface area contributed by atoms with Crippen LogP contribution in [0.3, 0.4) is 0 Å². The predicted octanol–water partition coefficient (Wildman–Crippen LogP) is 2.91. The van der Waals surface area contributed by atoms with E-state index in [1.54, 1.807) is 4.68 Å². The van der Waals surface area contributed by atoms with Crippen molar-refractivity contribution in [1.82, 2.24) is 9.36 Å². The van der Waals surface area contributed by atoms with E-state index < -0.39 is 0 Å². The summed E-state index contributed by atoms with van der Waals surface area (Å²) in [6.07, 6.45) is 1.72. The minimum Gasteiger partial charge on any atom is -0.393 e. The molecule has 0 aliphatic carbocycles. The quantitative estimate of drug-likeness (QED) is 0.921. The highest BCUT2D eigenvalue weighted by Crippen LogP contribution is 2.14. The number of nitrogens with zero attached hydrogens (tertiary/aromatic N) is 2. The van der Waals surface area contributed by atoms with Crippen molar-refractivity contribution in [1.29, 1.82) is 0 Å². The van der Waals surface area contributed by atoms with Crippen molar-refractivity contribution in [2.24, 2.45) is 0 Å². The van der Waals surface area contributed by atoms with Crippen LogP contribution in [0.5, 0.6) is 0 Å². The number of anilines is 1. The zero-order valence-corrected chi connectivity index (χ0v) is 12.7. The van der Waals surface area contributed by atoms with Gasteiger partial charge in [-0.15, -0.1) is 0 Å². The van der Waals surface area contributed by atoms with Crippen LogP contribution >= 0.6 is 11.6 Å². The van der Waals surface area contributed by atoms with Crippen molar-refractivity contribution in [2.75, 3.05) is 5.73 Å². The SMILES string of the molecule is CCCn1c(CC)c(N)c(=O)n1Cc1ccc(Cl)cc1. The molecule has 0 fully saturated rings. The van der Waals surface area contributed by atoms with Gasteiger partial charge in [0.05, 0.1) is 12.2 Å². The minimum absolute atomic E-state index is 0.106. The molecule has 0 aliphatic rings. The molecule has 0 radical (unpaired) electrons. The third-order valence-corrected chi connectivity index (χ3v) is 3.65. The van der Waals surface area contributed by atoms with E-state index in [4.69, 9.17) is 17.3 Å². The number of halogens is 1. The molecule has 5 heteroatoms. The largest absolute Gasteiger partial charge is 0.393 e. The highest BCUT2D eigenvalue weighted by atomic mass is 35.5. The van der Waals surface area contributed by atoms with Gasteiger partial charge in [0.1, 0.15) is 5.69 Å². The summed E-state index contributed by atoms with van der Waals surface area (Å²) in [6.45, 7) is 5.42. The molecular weight excluding hydrogens is 274 g/mol. The van der Waals surface area contributed by atoms with Crippen LogP contribution in [0.2, 0.25) is 5.02 Å². The van der Waals surface area contributed by atoms with Crippen molar-refractivity contribution < 1.29 is 0 Å². The summed E-state index contributed by atoms with van der Waals surface area (Å²) < 4.78 is 3.73. The van der Waals surface area contributed by atoms with Crippen LogP contribution in [0.15, 0.2) is 29.1 Å². The maximum absolute atomic E-state index is 12.3. The summed E-state index contributed by atoms with van der Waals surface area (Å²) in [4.78, 5) is 12.3. The molecule has 1 aromatic heterocycles. The van der Waals surface area contributed by atoms with E-state index in [1.165, 1.54) is 0 Å². The van der Waals surface area contributed by atoms with Crippen molar-refractivity contribution in [3.63, 3.8) is 0 Å². The first-order valence-electron chi connectivity index (χ1n) is 6.90. The summed E-state index contributed by atoms with van der Waals surface area (Å²) in [6, 6.07) is 7.53. The minimum atomic E-state index is -0.106. The normalized spacial score (nSPS) is 10.9. The van der Waals surface area contributed by atoms with Crippen molar-refractivity contribution in [3.8, 4) is 0 Å². The van der Waals surface area contributed by atoms with Gasteiger partial charge in [0.2, 0.25) is 0 Å². The van der Waals surface area contributed by atoms with Crippen LogP contribution in [0.1, 0.15) is 31.5 Å². The van der Waals surface area contributed by atoms with Crippen LogP contribution in [0, 0.1) is 0 Å². The summed E-state index contributed by atoms with van der Waals surface area (Å²) in [5, 5.41) is 0.693. The Morgan fingerprint density at radius 3 is 2.35 bits per heavy atom. The predicted molar refractivity (Wildman–Crippen MR) is 83.3 cm³/mol. The van der Waals surface area contributed by atoms with Gasteiger partial charge in [-0.25, -0.2) is 4.68 Å². The molecule has 2 aromatic rings. The van der Waals surface area contributed by atoms with Crippen LogP contribution in [0.25, 0.3) is 0 Å². The van der Waals surface area contributed by atoms with Gasteiger partial charge in [0, 0.05) is 11.6 Å². The van der Waals surface area contributed by atoms with Gasteiger partial charge in [0.25, 0.3) is 5.56 Å². The van der Waals surface area contributed by atoms with E-state index in [1.807, 2.05) is 35.9 Å². The van der Waals surface area contributed by atoms with E-state index in [-0.39, 0.29) is 5.56 Å². The highest BCUT2D eigenvalue weighted by Gasteiger charge is 2.15. The van der Waals surface area contributed by atoms with E-state index in [2.05, 4.69) is 6.92 Å². The lowest BCUT2D eigenvalue weighted by Crippen LogP contribution is -2.25. The Morgan fingerprint density at radius 1 is 1.15 bits per heavy atom. The fourth-order valence-corrected chi connectivity index (χ4v) is 2.54. The maximum Gasteiger partial charge on any atom is 0.290 e. The molecule has 1 aromatic carbocycles. The number of hydrogen-bond acceptors (Lipinski definition) is 2. The molecular formula is C15H20ClN3O. The summed E-state index contributed by atoms with van der Waals surface area (Å²) in [5.74, 6) is 0. The Labute approximate surface area is 123 Å². The number of hydrogen-bond donors (Lipinski definition) is 1. The van der Waals surface area contributed by atoms with Crippen molar-refractivity contribution in [2.45, 2.75) is 39.8 Å². The third-order valence-electron chi connectivity index (χ3n) is 3.39. The molecule has 0 aliphatic heterocycles. The topological polar surface area (TPSA) is 52.9 Å². The van der Waals surface area contributed by atoms with E-state index >= 15 is 0 Å². The second-order valence-electron chi connectivity index (χ2n) is 4.83.